The maximum Gasteiger partial charge on any atom is 0.233 e. The molecule has 0 aromatic heterocycles. The Morgan fingerprint density at radius 1 is 0.692 bits per heavy atom. The Bertz CT molecular complexity index is 502. The van der Waals surface area contributed by atoms with Gasteiger partial charge in [-0.05, 0) is 37.5 Å². The molecule has 148 valence electrons. The molecule has 0 unspecified atom stereocenters. The lowest BCUT2D eigenvalue weighted by atomic mass is 9.85. The van der Waals surface area contributed by atoms with Gasteiger partial charge in [0.05, 0.1) is 13.2 Å². The van der Waals surface area contributed by atoms with Crippen molar-refractivity contribution >= 4 is 11.6 Å². The van der Waals surface area contributed by atoms with Crippen LogP contribution in [0.1, 0.15) is 80.1 Å². The minimum Gasteiger partial charge on any atom is -0.489 e. The van der Waals surface area contributed by atoms with Crippen molar-refractivity contribution in [1.82, 2.24) is 0 Å². The van der Waals surface area contributed by atoms with Gasteiger partial charge in [0.15, 0.2) is 11.5 Å². The van der Waals surface area contributed by atoms with Crippen LogP contribution in [-0.2, 0) is 19.1 Å². The topological polar surface area (TPSA) is 52.6 Å². The molecule has 0 bridgehead atoms. The van der Waals surface area contributed by atoms with Gasteiger partial charge in [-0.2, -0.15) is 0 Å². The molecule has 0 saturated carbocycles. The van der Waals surface area contributed by atoms with E-state index in [2.05, 4.69) is 13.8 Å². The zero-order valence-electron chi connectivity index (χ0n) is 17.4. The maximum atomic E-state index is 12.8. The van der Waals surface area contributed by atoms with Crippen LogP contribution in [0.25, 0.3) is 0 Å². The second-order valence-electron chi connectivity index (χ2n) is 7.87. The van der Waals surface area contributed by atoms with Gasteiger partial charge in [0, 0.05) is 11.1 Å². The molecule has 0 aromatic carbocycles. The number of unbranched alkanes of at least 4 members (excludes halogenated alkanes) is 2. The Balaban J connectivity index is 3.38. The number of ketones is 2. The molecule has 0 fully saturated rings. The lowest BCUT2D eigenvalue weighted by molar-refractivity contribution is -0.133. The van der Waals surface area contributed by atoms with Gasteiger partial charge in [-0.15, -0.1) is 0 Å². The summed E-state index contributed by atoms with van der Waals surface area (Å²) in [6.45, 7) is 13.4. The Kier molecular flexibility index (Phi) is 9.68. The van der Waals surface area contributed by atoms with Crippen molar-refractivity contribution in [2.24, 2.45) is 11.8 Å². The van der Waals surface area contributed by atoms with Crippen LogP contribution in [0.4, 0.5) is 0 Å². The van der Waals surface area contributed by atoms with E-state index in [0.29, 0.717) is 48.7 Å². The van der Waals surface area contributed by atoms with Crippen molar-refractivity contribution in [2.75, 3.05) is 13.2 Å². The second kappa shape index (κ2) is 11.2. The second-order valence-corrected chi connectivity index (χ2v) is 7.87. The summed E-state index contributed by atoms with van der Waals surface area (Å²) in [5.74, 6) is 0.726. The van der Waals surface area contributed by atoms with Crippen LogP contribution >= 0.6 is 0 Å². The van der Waals surface area contributed by atoms with Gasteiger partial charge < -0.3 is 9.47 Å². The van der Waals surface area contributed by atoms with Crippen molar-refractivity contribution in [2.45, 2.75) is 80.1 Å². The fraction of sp³-hybridized carbons (Fsp3) is 0.727. The van der Waals surface area contributed by atoms with E-state index in [1.54, 1.807) is 0 Å². The molecule has 0 aliphatic heterocycles. The molecule has 1 aliphatic rings. The number of rotatable bonds is 12. The van der Waals surface area contributed by atoms with Gasteiger partial charge in [-0.3, -0.25) is 9.59 Å². The van der Waals surface area contributed by atoms with E-state index < -0.39 is 11.6 Å². The van der Waals surface area contributed by atoms with E-state index in [-0.39, 0.29) is 11.8 Å². The van der Waals surface area contributed by atoms with Gasteiger partial charge in [0.2, 0.25) is 11.6 Å². The van der Waals surface area contributed by atoms with E-state index >= 15 is 0 Å². The van der Waals surface area contributed by atoms with Gasteiger partial charge >= 0.3 is 0 Å². The van der Waals surface area contributed by atoms with Crippen molar-refractivity contribution in [3.8, 4) is 0 Å². The highest BCUT2D eigenvalue weighted by atomic mass is 16.5. The average Bonchev–Trinajstić information content (AvgIpc) is 2.57. The van der Waals surface area contributed by atoms with Crippen LogP contribution in [0, 0.1) is 11.8 Å². The number of ether oxygens (including phenoxy) is 2. The van der Waals surface area contributed by atoms with Crippen LogP contribution in [0.3, 0.4) is 0 Å². The number of allylic oxidation sites excluding steroid dienone is 2. The van der Waals surface area contributed by atoms with Crippen LogP contribution < -0.4 is 0 Å². The molecule has 0 aromatic rings. The summed E-state index contributed by atoms with van der Waals surface area (Å²) in [5, 5.41) is 0. The Morgan fingerprint density at radius 3 is 1.31 bits per heavy atom. The Labute approximate surface area is 159 Å². The third kappa shape index (κ3) is 6.30. The average molecular weight is 365 g/mol. The number of hydrogen-bond donors (Lipinski definition) is 0. The quantitative estimate of drug-likeness (QED) is 0.265. The SMILES string of the molecule is CCCCOC1=C(CC(C)C)C(=O)C(=O)C(CC(C)C)=C1OCCCC. The fourth-order valence-electron chi connectivity index (χ4n) is 2.88. The summed E-state index contributed by atoms with van der Waals surface area (Å²) >= 11 is 0. The first-order chi connectivity index (χ1) is 12.3. The summed E-state index contributed by atoms with van der Waals surface area (Å²) < 4.78 is 12.1. The minimum absolute atomic E-state index is 0.259. The number of Topliss-reactive ketones (excluding diaryl/α,β-unsaturated/α-hetero) is 2. The van der Waals surface area contributed by atoms with Crippen LogP contribution in [0.5, 0.6) is 0 Å². The van der Waals surface area contributed by atoms with E-state index in [0.717, 1.165) is 25.7 Å². The molecule has 0 amide bonds. The Hall–Kier alpha value is -1.58. The first-order valence-corrected chi connectivity index (χ1v) is 10.1. The monoisotopic (exact) mass is 364 g/mol. The fourth-order valence-corrected chi connectivity index (χ4v) is 2.88. The predicted octanol–water partition coefficient (Wildman–Crippen LogP) is 5.37. The molecule has 0 N–H and O–H groups in total. The lowest BCUT2D eigenvalue weighted by Crippen LogP contribution is -2.29. The molecular formula is C22H36O4. The molecular weight excluding hydrogens is 328 g/mol. The smallest absolute Gasteiger partial charge is 0.233 e. The first kappa shape index (κ1) is 22.5. The third-order valence-corrected chi connectivity index (χ3v) is 4.22. The van der Waals surface area contributed by atoms with Crippen LogP contribution in [0.2, 0.25) is 0 Å². The summed E-state index contributed by atoms with van der Waals surface area (Å²) in [6, 6.07) is 0. The summed E-state index contributed by atoms with van der Waals surface area (Å²) in [4.78, 5) is 25.6. The summed E-state index contributed by atoms with van der Waals surface area (Å²) in [6.07, 6.45) is 4.89. The van der Waals surface area contributed by atoms with Crippen molar-refractivity contribution in [1.29, 1.82) is 0 Å². The van der Waals surface area contributed by atoms with E-state index in [1.807, 2.05) is 27.7 Å². The minimum atomic E-state index is -0.413. The number of hydrogen-bond acceptors (Lipinski definition) is 4. The molecule has 0 heterocycles. The van der Waals surface area contributed by atoms with Gasteiger partial charge in [0.1, 0.15) is 0 Å². The molecule has 0 spiro atoms. The molecule has 4 heteroatoms. The Morgan fingerprint density at radius 2 is 1.04 bits per heavy atom. The van der Waals surface area contributed by atoms with E-state index in [4.69, 9.17) is 9.47 Å². The zero-order valence-corrected chi connectivity index (χ0v) is 17.4. The first-order valence-electron chi connectivity index (χ1n) is 10.1. The lowest BCUT2D eigenvalue weighted by Gasteiger charge is -2.26. The standard InChI is InChI=1S/C22H36O4/c1-7-9-11-25-21-17(13-15(3)4)19(23)20(24)18(14-16(5)6)22(21)26-12-10-8-2/h15-16H,7-14H2,1-6H3. The van der Waals surface area contributed by atoms with Gasteiger partial charge in [0.25, 0.3) is 0 Å². The predicted molar refractivity (Wildman–Crippen MR) is 105 cm³/mol. The van der Waals surface area contributed by atoms with Crippen LogP contribution in [-0.4, -0.2) is 24.8 Å². The molecule has 1 rings (SSSR count). The molecule has 0 radical (unpaired) electrons. The highest BCUT2D eigenvalue weighted by Gasteiger charge is 2.37. The number of carbonyl (C=O) groups is 2. The van der Waals surface area contributed by atoms with Crippen molar-refractivity contribution < 1.29 is 19.1 Å². The summed E-state index contributed by atoms with van der Waals surface area (Å²) in [7, 11) is 0. The molecule has 26 heavy (non-hydrogen) atoms. The van der Waals surface area contributed by atoms with Crippen molar-refractivity contribution in [3.05, 3.63) is 22.7 Å². The molecule has 1 aliphatic carbocycles. The molecule has 0 atom stereocenters. The normalized spacial score (nSPS) is 15.5. The van der Waals surface area contributed by atoms with Crippen molar-refractivity contribution in [3.63, 3.8) is 0 Å². The highest BCUT2D eigenvalue weighted by molar-refractivity contribution is 6.50. The zero-order chi connectivity index (χ0) is 19.7. The van der Waals surface area contributed by atoms with Crippen LogP contribution in [0.15, 0.2) is 22.7 Å². The number of carbonyl (C=O) groups excluding carboxylic acids is 2. The summed E-state index contributed by atoms with van der Waals surface area (Å²) in [5.41, 5.74) is 0.972. The molecule has 0 saturated heterocycles. The highest BCUT2D eigenvalue weighted by Crippen LogP contribution is 2.34. The third-order valence-electron chi connectivity index (χ3n) is 4.22. The van der Waals surface area contributed by atoms with Gasteiger partial charge in [-0.1, -0.05) is 54.4 Å². The van der Waals surface area contributed by atoms with E-state index in [1.165, 1.54) is 0 Å². The molecule has 4 nitrogen and oxygen atoms in total. The largest absolute Gasteiger partial charge is 0.489 e. The van der Waals surface area contributed by atoms with Gasteiger partial charge in [-0.25, -0.2) is 0 Å². The maximum absolute atomic E-state index is 12.8. The van der Waals surface area contributed by atoms with E-state index in [9.17, 15) is 9.59 Å².